The summed E-state index contributed by atoms with van der Waals surface area (Å²) in [5.74, 6) is 2.22. The maximum Gasteiger partial charge on any atom is 0.254 e. The first-order valence-electron chi connectivity index (χ1n) is 13.7. The van der Waals surface area contributed by atoms with E-state index >= 15 is 0 Å². The van der Waals surface area contributed by atoms with Crippen LogP contribution in [0.5, 0.6) is 0 Å². The van der Waals surface area contributed by atoms with Crippen molar-refractivity contribution in [3.05, 3.63) is 17.5 Å². The molecule has 6 aliphatic rings. The number of amides is 2. The molecule has 1 aliphatic heterocycles. The Hall–Kier alpha value is -2.22. The van der Waals surface area contributed by atoms with Crippen molar-refractivity contribution in [3.8, 4) is 0 Å². The second-order valence-electron chi connectivity index (χ2n) is 12.2. The molecule has 7 rings (SSSR count). The van der Waals surface area contributed by atoms with E-state index in [1.807, 2.05) is 23.6 Å². The van der Waals surface area contributed by atoms with Gasteiger partial charge in [-0.05, 0) is 76.5 Å². The van der Waals surface area contributed by atoms with E-state index in [1.54, 1.807) is 6.20 Å². The van der Waals surface area contributed by atoms with Gasteiger partial charge in [-0.2, -0.15) is 0 Å². The van der Waals surface area contributed by atoms with Crippen LogP contribution in [0.2, 0.25) is 0 Å². The maximum absolute atomic E-state index is 13.6. The van der Waals surface area contributed by atoms with Gasteiger partial charge in [-0.1, -0.05) is 12.8 Å². The normalized spacial score (nSPS) is 34.8. The molecule has 2 amide bonds. The fourth-order valence-corrected chi connectivity index (χ4v) is 8.07. The fraction of sp³-hybridized carbons (Fsp3) is 0.778. The molecule has 190 valence electrons. The van der Waals surface area contributed by atoms with E-state index in [2.05, 4.69) is 10.3 Å². The highest BCUT2D eigenvalue weighted by Gasteiger charge is 2.55. The molecule has 0 radical (unpaired) electrons. The molecule has 2 heterocycles. The minimum absolute atomic E-state index is 0.0661. The summed E-state index contributed by atoms with van der Waals surface area (Å²) in [5, 5.41) is 14.3. The zero-order valence-corrected chi connectivity index (χ0v) is 21.1. The van der Waals surface area contributed by atoms with Crippen molar-refractivity contribution in [2.75, 3.05) is 24.5 Å². The van der Waals surface area contributed by atoms with Crippen LogP contribution >= 0.6 is 0 Å². The molecule has 35 heavy (non-hydrogen) atoms. The topological polar surface area (TPSA) is 98.7 Å². The third-order valence-electron chi connectivity index (χ3n) is 9.49. The van der Waals surface area contributed by atoms with E-state index in [1.165, 1.54) is 0 Å². The Morgan fingerprint density at radius 2 is 1.86 bits per heavy atom. The van der Waals surface area contributed by atoms with Crippen molar-refractivity contribution < 1.29 is 14.7 Å². The van der Waals surface area contributed by atoms with Gasteiger partial charge in [0.1, 0.15) is 6.54 Å². The number of rotatable bonds is 5. The number of hydrogen-bond donors (Lipinski definition) is 2. The second kappa shape index (κ2) is 8.71. The molecule has 1 aromatic heterocycles. The van der Waals surface area contributed by atoms with Gasteiger partial charge in [-0.15, -0.1) is 0 Å². The lowest BCUT2D eigenvalue weighted by Crippen LogP contribution is -2.61. The predicted octanol–water partition coefficient (Wildman–Crippen LogP) is 2.86. The molecule has 5 aliphatic carbocycles. The van der Waals surface area contributed by atoms with Crippen LogP contribution in [0.1, 0.15) is 93.6 Å². The van der Waals surface area contributed by atoms with E-state index in [4.69, 9.17) is 4.98 Å². The van der Waals surface area contributed by atoms with Crippen molar-refractivity contribution in [1.29, 1.82) is 0 Å². The van der Waals surface area contributed by atoms with Crippen molar-refractivity contribution in [2.24, 2.45) is 17.8 Å². The molecule has 0 spiro atoms. The number of hydrogen-bond acceptors (Lipinski definition) is 6. The van der Waals surface area contributed by atoms with Crippen LogP contribution in [0, 0.1) is 17.8 Å². The van der Waals surface area contributed by atoms with Gasteiger partial charge in [0.15, 0.2) is 0 Å². The Morgan fingerprint density at radius 3 is 2.49 bits per heavy atom. The summed E-state index contributed by atoms with van der Waals surface area (Å²) < 4.78 is 0. The largest absolute Gasteiger partial charge is 0.390 e. The first-order valence-corrected chi connectivity index (χ1v) is 13.7. The lowest BCUT2D eigenvalue weighted by Gasteiger charge is -2.58. The van der Waals surface area contributed by atoms with Crippen LogP contribution in [0.25, 0.3) is 0 Å². The van der Waals surface area contributed by atoms with E-state index in [0.29, 0.717) is 42.4 Å². The van der Waals surface area contributed by atoms with Crippen molar-refractivity contribution in [1.82, 2.24) is 20.2 Å². The summed E-state index contributed by atoms with van der Waals surface area (Å²) in [6.45, 7) is 5.73. The van der Waals surface area contributed by atoms with Gasteiger partial charge in [0, 0.05) is 37.3 Å². The number of aliphatic hydroxyl groups is 1. The second-order valence-corrected chi connectivity index (χ2v) is 12.2. The standard InChI is InChI=1S/C27H39N5O3/c1-16(2)32-8-7-31(15-22(32)33)26-28-14-21(24(30-26)18-5-3-4-6-18)25(34)29-23-19-9-17-10-20(23)13-27(35,11-17)12-19/h14,16-20,23,35H,3-13,15H2,1-2H3,(H,29,34). The Morgan fingerprint density at radius 1 is 1.14 bits per heavy atom. The minimum atomic E-state index is -0.505. The maximum atomic E-state index is 13.6. The van der Waals surface area contributed by atoms with Crippen molar-refractivity contribution in [3.63, 3.8) is 0 Å². The lowest BCUT2D eigenvalue weighted by molar-refractivity contribution is -0.137. The number of piperazine rings is 1. The molecule has 2 N–H and O–H groups in total. The number of carbonyl (C=O) groups is 2. The van der Waals surface area contributed by atoms with E-state index in [-0.39, 0.29) is 36.4 Å². The minimum Gasteiger partial charge on any atom is -0.390 e. The van der Waals surface area contributed by atoms with Crippen LogP contribution in [-0.2, 0) is 4.79 Å². The molecule has 6 fully saturated rings. The average molecular weight is 482 g/mol. The van der Waals surface area contributed by atoms with Crippen molar-refractivity contribution >= 4 is 17.8 Å². The van der Waals surface area contributed by atoms with Gasteiger partial charge >= 0.3 is 0 Å². The fourth-order valence-electron chi connectivity index (χ4n) is 8.07. The first kappa shape index (κ1) is 23.2. The molecule has 4 bridgehead atoms. The number of nitrogens with one attached hydrogen (secondary N) is 1. The van der Waals surface area contributed by atoms with Crippen LogP contribution in [0.3, 0.4) is 0 Å². The molecule has 8 heteroatoms. The van der Waals surface area contributed by atoms with E-state index in [9.17, 15) is 14.7 Å². The molecular formula is C27H39N5O3. The van der Waals surface area contributed by atoms with Crippen LogP contribution in [0.15, 0.2) is 6.20 Å². The van der Waals surface area contributed by atoms with Gasteiger partial charge in [-0.3, -0.25) is 9.59 Å². The summed E-state index contributed by atoms with van der Waals surface area (Å²) in [7, 11) is 0. The highest BCUT2D eigenvalue weighted by atomic mass is 16.3. The molecule has 1 aromatic rings. The molecule has 8 nitrogen and oxygen atoms in total. The number of anilines is 1. The molecule has 2 atom stereocenters. The monoisotopic (exact) mass is 481 g/mol. The SMILES string of the molecule is CC(C)N1CCN(c2ncc(C(=O)NC3C4CC5CC3CC(O)(C5)C4)c(C3CCCC3)n2)CC1=O. The zero-order valence-electron chi connectivity index (χ0n) is 21.1. The highest BCUT2D eigenvalue weighted by molar-refractivity contribution is 5.95. The summed E-state index contributed by atoms with van der Waals surface area (Å²) in [6.07, 6.45) is 10.9. The Balaban J connectivity index is 1.23. The van der Waals surface area contributed by atoms with Gasteiger partial charge < -0.3 is 20.2 Å². The third kappa shape index (κ3) is 4.21. The van der Waals surface area contributed by atoms with Gasteiger partial charge in [0.05, 0.1) is 16.9 Å². The number of aromatic nitrogens is 2. The van der Waals surface area contributed by atoms with Crippen LogP contribution in [-0.4, -0.2) is 69.1 Å². The average Bonchev–Trinajstić information content (AvgIpc) is 3.34. The van der Waals surface area contributed by atoms with Gasteiger partial charge in [-0.25, -0.2) is 9.97 Å². The predicted molar refractivity (Wildman–Crippen MR) is 132 cm³/mol. The molecule has 2 unspecified atom stereocenters. The summed E-state index contributed by atoms with van der Waals surface area (Å²) in [5.41, 5.74) is 0.945. The number of carbonyl (C=O) groups excluding carboxylic acids is 2. The first-order chi connectivity index (χ1) is 16.8. The summed E-state index contributed by atoms with van der Waals surface area (Å²) >= 11 is 0. The van der Waals surface area contributed by atoms with Crippen LogP contribution < -0.4 is 10.2 Å². The zero-order chi connectivity index (χ0) is 24.3. The molecular weight excluding hydrogens is 442 g/mol. The van der Waals surface area contributed by atoms with Gasteiger partial charge in [0.25, 0.3) is 5.91 Å². The lowest BCUT2D eigenvalue weighted by atomic mass is 9.52. The Kier molecular flexibility index (Phi) is 5.78. The summed E-state index contributed by atoms with van der Waals surface area (Å²) in [4.78, 5) is 39.7. The smallest absolute Gasteiger partial charge is 0.254 e. The number of nitrogens with zero attached hydrogens (tertiary/aromatic N) is 4. The molecule has 0 aromatic carbocycles. The third-order valence-corrected chi connectivity index (χ3v) is 9.49. The van der Waals surface area contributed by atoms with Crippen LogP contribution in [0.4, 0.5) is 5.95 Å². The molecule has 5 saturated carbocycles. The van der Waals surface area contributed by atoms with E-state index in [0.717, 1.165) is 63.5 Å². The van der Waals surface area contributed by atoms with Gasteiger partial charge in [0.2, 0.25) is 11.9 Å². The van der Waals surface area contributed by atoms with E-state index < -0.39 is 5.60 Å². The quantitative estimate of drug-likeness (QED) is 0.671. The Bertz CT molecular complexity index is 991. The Labute approximate surface area is 207 Å². The highest BCUT2D eigenvalue weighted by Crippen LogP contribution is 2.55. The molecule has 1 saturated heterocycles. The van der Waals surface area contributed by atoms with Crippen molar-refractivity contribution in [2.45, 2.75) is 95.2 Å². The summed E-state index contributed by atoms with van der Waals surface area (Å²) in [6, 6.07) is 0.328.